The molecule has 3 rings (SSSR count). The summed E-state index contributed by atoms with van der Waals surface area (Å²) in [5.41, 5.74) is -0.161. The van der Waals surface area contributed by atoms with Crippen LogP contribution < -0.4 is 9.47 Å². The summed E-state index contributed by atoms with van der Waals surface area (Å²) in [6.45, 7) is 3.04. The van der Waals surface area contributed by atoms with Gasteiger partial charge in [0.05, 0.1) is 11.8 Å². The van der Waals surface area contributed by atoms with Crippen molar-refractivity contribution in [2.75, 3.05) is 0 Å². The van der Waals surface area contributed by atoms with Crippen LogP contribution in [-0.4, -0.2) is 23.9 Å². The van der Waals surface area contributed by atoms with Crippen molar-refractivity contribution >= 4 is 23.9 Å². The third-order valence-corrected chi connectivity index (χ3v) is 4.31. The quantitative estimate of drug-likeness (QED) is 0.401. The number of hydrogen-bond donors (Lipinski definition) is 0. The number of cyclic esters (lactones) is 2. The molecule has 0 saturated heterocycles. The molecule has 2 aromatic rings. The normalized spacial score (nSPS) is 20.7. The smallest absolute Gasteiger partial charge is 0.349 e. The number of ether oxygens (including phenoxy) is 3. The van der Waals surface area contributed by atoms with Crippen LogP contribution in [0.3, 0.4) is 0 Å². The monoisotopic (exact) mass is 368 g/mol. The van der Waals surface area contributed by atoms with Crippen LogP contribution in [0.25, 0.3) is 0 Å². The van der Waals surface area contributed by atoms with Gasteiger partial charge in [-0.15, -0.1) is 0 Å². The maximum atomic E-state index is 12.4. The first-order chi connectivity index (χ1) is 12.9. The number of para-hydroxylation sites is 2. The predicted molar refractivity (Wildman–Crippen MR) is 92.2 cm³/mol. The Hall–Kier alpha value is -3.48. The predicted octanol–water partition coefficient (Wildman–Crippen LogP) is 2.78. The number of hydrogen-bond acceptors (Lipinski definition) is 7. The number of rotatable bonds is 0. The van der Waals surface area contributed by atoms with E-state index in [9.17, 15) is 19.2 Å². The Kier molecular flexibility index (Phi) is 5.03. The Bertz CT molecular complexity index is 856. The summed E-state index contributed by atoms with van der Waals surface area (Å²) in [6.07, 6.45) is 0. The van der Waals surface area contributed by atoms with E-state index < -0.39 is 35.7 Å². The van der Waals surface area contributed by atoms with Crippen LogP contribution in [0.2, 0.25) is 0 Å². The third-order valence-electron chi connectivity index (χ3n) is 4.31. The fourth-order valence-electron chi connectivity index (χ4n) is 2.45. The van der Waals surface area contributed by atoms with E-state index in [0.717, 1.165) is 0 Å². The lowest BCUT2D eigenvalue weighted by Gasteiger charge is -2.18. The Balaban J connectivity index is 2.09. The summed E-state index contributed by atoms with van der Waals surface area (Å²) in [7, 11) is 0. The summed E-state index contributed by atoms with van der Waals surface area (Å²) in [4.78, 5) is 49.6. The van der Waals surface area contributed by atoms with E-state index in [1.807, 2.05) is 0 Å². The van der Waals surface area contributed by atoms with E-state index in [0.29, 0.717) is 0 Å². The number of esters is 4. The fraction of sp³-hybridized carbons (Fsp3) is 0.200. The summed E-state index contributed by atoms with van der Waals surface area (Å²) < 4.78 is 15.4. The molecule has 0 N–H and O–H groups in total. The van der Waals surface area contributed by atoms with Crippen LogP contribution in [0.1, 0.15) is 34.6 Å². The standard InChI is InChI=1S/C20H16O7/c1-11-12(2)18(22)26-16-10-6-4-8-14(16)20(24)27-19(23)13-7-3-5-9-15(13)25-17(11)21/h3-12H,1-2H3. The summed E-state index contributed by atoms with van der Waals surface area (Å²) in [5, 5.41) is 0. The van der Waals surface area contributed by atoms with E-state index in [4.69, 9.17) is 14.2 Å². The summed E-state index contributed by atoms with van der Waals surface area (Å²) in [5.74, 6) is -5.18. The molecule has 2 aromatic carbocycles. The lowest BCUT2D eigenvalue weighted by molar-refractivity contribution is -0.149. The van der Waals surface area contributed by atoms with Gasteiger partial charge >= 0.3 is 23.9 Å². The molecular weight excluding hydrogens is 352 g/mol. The lowest BCUT2D eigenvalue weighted by atomic mass is 9.96. The molecule has 7 nitrogen and oxygen atoms in total. The van der Waals surface area contributed by atoms with Gasteiger partial charge in [-0.2, -0.15) is 0 Å². The van der Waals surface area contributed by atoms with Crippen LogP contribution in [0, 0.1) is 11.8 Å². The molecule has 2 unspecified atom stereocenters. The van der Waals surface area contributed by atoms with E-state index >= 15 is 0 Å². The fourth-order valence-corrected chi connectivity index (χ4v) is 2.45. The Morgan fingerprint density at radius 3 is 1.37 bits per heavy atom. The first kappa shape index (κ1) is 18.3. The molecule has 27 heavy (non-hydrogen) atoms. The number of carbonyl (C=O) groups excluding carboxylic acids is 4. The molecule has 0 radical (unpaired) electrons. The van der Waals surface area contributed by atoms with Crippen molar-refractivity contribution in [2.45, 2.75) is 13.8 Å². The van der Waals surface area contributed by atoms with Crippen molar-refractivity contribution in [3.63, 3.8) is 0 Å². The van der Waals surface area contributed by atoms with Gasteiger partial charge in [0, 0.05) is 0 Å². The molecule has 0 spiro atoms. The van der Waals surface area contributed by atoms with E-state index in [2.05, 4.69) is 0 Å². The van der Waals surface area contributed by atoms with Gasteiger partial charge in [0.25, 0.3) is 0 Å². The van der Waals surface area contributed by atoms with Crippen molar-refractivity contribution in [2.24, 2.45) is 11.8 Å². The van der Waals surface area contributed by atoms with Crippen LogP contribution in [0.5, 0.6) is 11.5 Å². The van der Waals surface area contributed by atoms with E-state index in [1.54, 1.807) is 24.3 Å². The van der Waals surface area contributed by atoms with Gasteiger partial charge < -0.3 is 14.2 Å². The van der Waals surface area contributed by atoms with E-state index in [1.165, 1.54) is 38.1 Å². The Labute approximate surface area is 154 Å². The first-order valence-electron chi connectivity index (χ1n) is 8.26. The molecule has 7 heteroatoms. The number of carbonyl (C=O) groups is 4. The second-order valence-corrected chi connectivity index (χ2v) is 6.09. The molecule has 1 aliphatic rings. The highest BCUT2D eigenvalue weighted by molar-refractivity contribution is 6.05. The average molecular weight is 368 g/mol. The molecule has 0 bridgehead atoms. The minimum Gasteiger partial charge on any atom is -0.425 e. The highest BCUT2D eigenvalue weighted by Gasteiger charge is 2.32. The maximum Gasteiger partial charge on any atom is 0.349 e. The van der Waals surface area contributed by atoms with Gasteiger partial charge in [0.15, 0.2) is 0 Å². The van der Waals surface area contributed by atoms with Crippen molar-refractivity contribution < 1.29 is 33.4 Å². The Morgan fingerprint density at radius 1 is 0.593 bits per heavy atom. The zero-order chi connectivity index (χ0) is 19.6. The van der Waals surface area contributed by atoms with Crippen molar-refractivity contribution in [3.05, 3.63) is 59.7 Å². The van der Waals surface area contributed by atoms with Crippen molar-refractivity contribution in [1.82, 2.24) is 0 Å². The van der Waals surface area contributed by atoms with Crippen molar-refractivity contribution in [3.8, 4) is 11.5 Å². The largest absolute Gasteiger partial charge is 0.425 e. The molecule has 0 saturated carbocycles. The molecule has 2 atom stereocenters. The van der Waals surface area contributed by atoms with Crippen LogP contribution >= 0.6 is 0 Å². The maximum absolute atomic E-state index is 12.4. The highest BCUT2D eigenvalue weighted by Crippen LogP contribution is 2.26. The van der Waals surface area contributed by atoms with Crippen molar-refractivity contribution in [1.29, 1.82) is 0 Å². The van der Waals surface area contributed by atoms with Crippen LogP contribution in [-0.2, 0) is 14.3 Å². The van der Waals surface area contributed by atoms with Gasteiger partial charge in [0.1, 0.15) is 22.6 Å². The molecule has 0 amide bonds. The topological polar surface area (TPSA) is 96.0 Å². The second kappa shape index (κ2) is 7.41. The Morgan fingerprint density at radius 2 is 0.963 bits per heavy atom. The molecule has 0 fully saturated rings. The van der Waals surface area contributed by atoms with Gasteiger partial charge in [-0.1, -0.05) is 38.1 Å². The number of benzene rings is 2. The summed E-state index contributed by atoms with van der Waals surface area (Å²) >= 11 is 0. The SMILES string of the molecule is CC1C(=O)Oc2ccccc2C(=O)OC(=O)c2ccccc2OC(=O)C1C. The first-order valence-corrected chi connectivity index (χ1v) is 8.26. The van der Waals surface area contributed by atoms with Gasteiger partial charge in [0.2, 0.25) is 0 Å². The molecule has 1 aliphatic heterocycles. The molecule has 0 aromatic heterocycles. The second-order valence-electron chi connectivity index (χ2n) is 6.09. The van der Waals surface area contributed by atoms with Crippen LogP contribution in [0.4, 0.5) is 0 Å². The molecule has 1 heterocycles. The molecular formula is C20H16O7. The summed E-state index contributed by atoms with van der Waals surface area (Å²) in [6, 6.07) is 11.8. The van der Waals surface area contributed by atoms with Crippen LogP contribution in [0.15, 0.2) is 48.5 Å². The molecule has 0 aliphatic carbocycles. The highest BCUT2D eigenvalue weighted by atomic mass is 16.6. The average Bonchev–Trinajstić information content (AvgIpc) is 2.66. The van der Waals surface area contributed by atoms with E-state index in [-0.39, 0.29) is 22.6 Å². The number of fused-ring (bicyclic) bond motifs is 2. The minimum absolute atomic E-state index is 0.0553. The lowest BCUT2D eigenvalue weighted by Crippen LogP contribution is -2.31. The minimum atomic E-state index is -0.982. The van der Waals surface area contributed by atoms with Gasteiger partial charge in [-0.3, -0.25) is 9.59 Å². The zero-order valence-electron chi connectivity index (χ0n) is 14.6. The molecule has 138 valence electrons. The zero-order valence-corrected chi connectivity index (χ0v) is 14.6. The van der Waals surface area contributed by atoms with Gasteiger partial charge in [-0.25, -0.2) is 9.59 Å². The van der Waals surface area contributed by atoms with Gasteiger partial charge in [-0.05, 0) is 24.3 Å². The third kappa shape index (κ3) is 3.72.